The summed E-state index contributed by atoms with van der Waals surface area (Å²) in [4.78, 5) is 24.0. The zero-order chi connectivity index (χ0) is 16.9. The van der Waals surface area contributed by atoms with Gasteiger partial charge >= 0.3 is 0 Å². The second-order valence-electron chi connectivity index (χ2n) is 6.66. The van der Waals surface area contributed by atoms with Crippen molar-refractivity contribution in [3.63, 3.8) is 0 Å². The molecule has 1 aromatic carbocycles. The van der Waals surface area contributed by atoms with Crippen molar-refractivity contribution in [2.24, 2.45) is 0 Å². The lowest BCUT2D eigenvalue weighted by molar-refractivity contribution is -0.118. The number of rotatable bonds is 7. The molecule has 2 N–H and O–H groups in total. The summed E-state index contributed by atoms with van der Waals surface area (Å²) in [5, 5.41) is 5.95. The largest absolute Gasteiger partial charge is 0.351 e. The highest BCUT2D eigenvalue weighted by Crippen LogP contribution is 2.23. The van der Waals surface area contributed by atoms with Crippen molar-refractivity contribution >= 4 is 22.6 Å². The van der Waals surface area contributed by atoms with Crippen LogP contribution in [0.1, 0.15) is 54.4 Å². The summed E-state index contributed by atoms with van der Waals surface area (Å²) in [6, 6.07) is 7.60. The summed E-state index contributed by atoms with van der Waals surface area (Å²) in [7, 11) is -1.07. The zero-order valence-corrected chi connectivity index (χ0v) is 14.6. The summed E-state index contributed by atoms with van der Waals surface area (Å²) in [6.07, 6.45) is 6.29. The van der Waals surface area contributed by atoms with Gasteiger partial charge in [0.05, 0.1) is 0 Å². The quantitative estimate of drug-likeness (QED) is 0.790. The number of carbonyl (C=O) groups excluding carboxylic acids is 2. The summed E-state index contributed by atoms with van der Waals surface area (Å²) in [6.45, 7) is 0.352. The predicted octanol–water partition coefficient (Wildman–Crippen LogP) is 1.89. The van der Waals surface area contributed by atoms with Crippen molar-refractivity contribution in [3.05, 3.63) is 35.4 Å². The van der Waals surface area contributed by atoms with E-state index in [1.54, 1.807) is 12.1 Å². The van der Waals surface area contributed by atoms with Crippen LogP contribution in [0.2, 0.25) is 0 Å². The molecule has 0 bridgehead atoms. The zero-order valence-electron chi connectivity index (χ0n) is 13.8. The van der Waals surface area contributed by atoms with E-state index in [-0.39, 0.29) is 22.8 Å². The maximum atomic E-state index is 12.1. The molecule has 0 radical (unpaired) electrons. The van der Waals surface area contributed by atoms with Gasteiger partial charge in [0.1, 0.15) is 5.75 Å². The van der Waals surface area contributed by atoms with E-state index in [0.717, 1.165) is 44.1 Å². The number of carbonyl (C=O) groups is 2. The normalized spacial score (nSPS) is 19.0. The van der Waals surface area contributed by atoms with Crippen molar-refractivity contribution < 1.29 is 13.8 Å². The van der Waals surface area contributed by atoms with Gasteiger partial charge in [-0.15, -0.1) is 0 Å². The van der Waals surface area contributed by atoms with Gasteiger partial charge in [-0.3, -0.25) is 13.8 Å². The van der Waals surface area contributed by atoms with Crippen molar-refractivity contribution in [3.8, 4) is 0 Å². The number of benzene rings is 1. The van der Waals surface area contributed by atoms with Gasteiger partial charge in [-0.05, 0) is 43.4 Å². The van der Waals surface area contributed by atoms with Gasteiger partial charge in [-0.25, -0.2) is 0 Å². The Morgan fingerprint density at radius 1 is 1.12 bits per heavy atom. The van der Waals surface area contributed by atoms with Crippen molar-refractivity contribution in [1.29, 1.82) is 0 Å². The maximum absolute atomic E-state index is 12.1. The third kappa shape index (κ3) is 4.90. The Morgan fingerprint density at radius 2 is 1.88 bits per heavy atom. The van der Waals surface area contributed by atoms with Gasteiger partial charge in [-0.1, -0.05) is 25.0 Å². The van der Waals surface area contributed by atoms with Crippen LogP contribution < -0.4 is 10.6 Å². The van der Waals surface area contributed by atoms with E-state index >= 15 is 0 Å². The Labute approximate surface area is 145 Å². The highest BCUT2D eigenvalue weighted by molar-refractivity contribution is 7.86. The average molecular weight is 348 g/mol. The minimum Gasteiger partial charge on any atom is -0.351 e. The van der Waals surface area contributed by atoms with Crippen LogP contribution in [0.3, 0.4) is 0 Å². The molecule has 130 valence electrons. The number of hydrogen-bond donors (Lipinski definition) is 2. The molecule has 0 aliphatic heterocycles. The molecule has 0 heterocycles. The van der Waals surface area contributed by atoms with Gasteiger partial charge in [0.25, 0.3) is 5.91 Å². The fourth-order valence-electron chi connectivity index (χ4n) is 2.97. The molecule has 2 aliphatic rings. The smallest absolute Gasteiger partial charge is 0.251 e. The minimum absolute atomic E-state index is 0.0620. The third-order valence-corrected chi connectivity index (χ3v) is 6.30. The van der Waals surface area contributed by atoms with Gasteiger partial charge in [0.15, 0.2) is 0 Å². The van der Waals surface area contributed by atoms with Crippen LogP contribution in [0.25, 0.3) is 0 Å². The Kier molecular flexibility index (Phi) is 5.66. The second-order valence-corrected chi connectivity index (χ2v) is 8.37. The molecule has 24 heavy (non-hydrogen) atoms. The Morgan fingerprint density at radius 3 is 2.58 bits per heavy atom. The molecule has 2 aliphatic carbocycles. The molecule has 1 atom stereocenters. The fourth-order valence-corrected chi connectivity index (χ4v) is 4.42. The Balaban J connectivity index is 1.47. The topological polar surface area (TPSA) is 75.3 Å². The lowest BCUT2D eigenvalue weighted by atomic mass is 10.1. The van der Waals surface area contributed by atoms with Gasteiger partial charge in [-0.2, -0.15) is 0 Å². The molecular weight excluding hydrogens is 324 g/mol. The minimum atomic E-state index is -1.07. The first-order valence-corrected chi connectivity index (χ1v) is 10.0. The molecule has 0 spiro atoms. The van der Waals surface area contributed by atoms with Gasteiger partial charge in [0, 0.05) is 34.2 Å². The van der Waals surface area contributed by atoms with E-state index in [1.807, 2.05) is 12.1 Å². The molecule has 0 unspecified atom stereocenters. The van der Waals surface area contributed by atoms with Crippen LogP contribution in [0.5, 0.6) is 0 Å². The Bertz CT molecular complexity index is 637. The summed E-state index contributed by atoms with van der Waals surface area (Å²) < 4.78 is 12.1. The van der Waals surface area contributed by atoms with E-state index in [1.165, 1.54) is 0 Å². The number of nitrogens with one attached hydrogen (secondary N) is 2. The van der Waals surface area contributed by atoms with E-state index in [0.29, 0.717) is 18.2 Å². The lowest BCUT2D eigenvalue weighted by Gasteiger charge is -2.10. The fraction of sp³-hybridized carbons (Fsp3) is 0.556. The molecule has 5 nitrogen and oxygen atoms in total. The van der Waals surface area contributed by atoms with Crippen LogP contribution in [0.15, 0.2) is 24.3 Å². The lowest BCUT2D eigenvalue weighted by Crippen LogP contribution is -2.30. The van der Waals surface area contributed by atoms with Crippen molar-refractivity contribution in [2.75, 3.05) is 5.75 Å². The van der Waals surface area contributed by atoms with Gasteiger partial charge < -0.3 is 10.6 Å². The molecule has 0 aromatic heterocycles. The average Bonchev–Trinajstić information content (AvgIpc) is 3.22. The van der Waals surface area contributed by atoms with Crippen molar-refractivity contribution in [1.82, 2.24) is 10.6 Å². The second kappa shape index (κ2) is 7.92. The number of amides is 2. The van der Waals surface area contributed by atoms with Crippen LogP contribution in [0.4, 0.5) is 0 Å². The first kappa shape index (κ1) is 17.1. The first-order chi connectivity index (χ1) is 11.6. The molecule has 2 saturated carbocycles. The molecular formula is C18H24N2O3S. The standard InChI is InChI=1S/C18H24N2O3S/c21-17(12-24(23)16-6-1-2-7-16)19-11-13-4-3-5-14(10-13)18(22)20-15-8-9-15/h3-5,10,15-16H,1-2,6-9,11-12H2,(H,19,21)(H,20,22)/t24-/m1/s1. The van der Waals surface area contributed by atoms with E-state index in [2.05, 4.69) is 10.6 Å². The SMILES string of the molecule is O=C(C[S@@](=O)C1CCCC1)NCc1cccc(C(=O)NC2CC2)c1. The predicted molar refractivity (Wildman–Crippen MR) is 94.0 cm³/mol. The van der Waals surface area contributed by atoms with E-state index < -0.39 is 10.8 Å². The van der Waals surface area contributed by atoms with Gasteiger partial charge in [0.2, 0.25) is 5.91 Å². The summed E-state index contributed by atoms with van der Waals surface area (Å²) >= 11 is 0. The molecule has 2 amide bonds. The summed E-state index contributed by atoms with van der Waals surface area (Å²) in [5.41, 5.74) is 1.49. The molecule has 3 rings (SSSR count). The van der Waals surface area contributed by atoms with Crippen LogP contribution in [-0.2, 0) is 22.1 Å². The highest BCUT2D eigenvalue weighted by atomic mass is 32.2. The summed E-state index contributed by atoms with van der Waals surface area (Å²) in [5.74, 6) is -0.173. The monoisotopic (exact) mass is 348 g/mol. The molecule has 6 heteroatoms. The highest BCUT2D eigenvalue weighted by Gasteiger charge is 2.24. The number of hydrogen-bond acceptors (Lipinski definition) is 3. The van der Waals surface area contributed by atoms with Crippen LogP contribution in [-0.4, -0.2) is 33.1 Å². The first-order valence-electron chi connectivity index (χ1n) is 8.65. The van der Waals surface area contributed by atoms with Crippen LogP contribution >= 0.6 is 0 Å². The third-order valence-electron chi connectivity index (χ3n) is 4.54. The van der Waals surface area contributed by atoms with E-state index in [9.17, 15) is 13.8 Å². The molecule has 0 saturated heterocycles. The van der Waals surface area contributed by atoms with E-state index in [4.69, 9.17) is 0 Å². The van der Waals surface area contributed by atoms with Crippen LogP contribution in [0, 0.1) is 0 Å². The molecule has 1 aromatic rings. The Hall–Kier alpha value is -1.69. The van der Waals surface area contributed by atoms with Crippen molar-refractivity contribution in [2.45, 2.75) is 56.4 Å². The maximum Gasteiger partial charge on any atom is 0.251 e. The molecule has 2 fully saturated rings.